The minimum absolute atomic E-state index is 0.219. The smallest absolute Gasteiger partial charge is 0.243 e. The largest absolute Gasteiger partial charge is 0.338 e. The first-order chi connectivity index (χ1) is 7.65. The molecule has 0 spiro atoms. The molecule has 4 nitrogen and oxygen atoms in total. The van der Waals surface area contributed by atoms with Crippen molar-refractivity contribution in [2.24, 2.45) is 5.73 Å². The van der Waals surface area contributed by atoms with Gasteiger partial charge in [-0.15, -0.1) is 0 Å². The van der Waals surface area contributed by atoms with Crippen LogP contribution in [0.2, 0.25) is 0 Å². The van der Waals surface area contributed by atoms with Crippen molar-refractivity contribution in [1.29, 1.82) is 0 Å². The third-order valence-electron chi connectivity index (χ3n) is 2.12. The van der Waals surface area contributed by atoms with Crippen LogP contribution in [0.25, 0.3) is 0 Å². The number of nitrogens with two attached hydrogens (primary N) is 1. The van der Waals surface area contributed by atoms with Crippen molar-refractivity contribution in [1.82, 2.24) is 10.1 Å². The van der Waals surface area contributed by atoms with E-state index in [1.165, 1.54) is 0 Å². The van der Waals surface area contributed by atoms with E-state index in [9.17, 15) is 0 Å². The number of benzene rings is 1. The van der Waals surface area contributed by atoms with Crippen molar-refractivity contribution in [3.63, 3.8) is 0 Å². The Morgan fingerprint density at radius 3 is 2.94 bits per heavy atom. The zero-order valence-corrected chi connectivity index (χ0v) is 10.4. The summed E-state index contributed by atoms with van der Waals surface area (Å²) in [7, 11) is 0. The quantitative estimate of drug-likeness (QED) is 0.939. The molecule has 1 aromatic carbocycles. The molecule has 0 amide bonds. The monoisotopic (exact) mass is 281 g/mol. The Labute approximate surface area is 102 Å². The molecule has 16 heavy (non-hydrogen) atoms. The number of rotatable bonds is 3. The Morgan fingerprint density at radius 2 is 2.31 bits per heavy atom. The Kier molecular flexibility index (Phi) is 3.36. The second kappa shape index (κ2) is 4.76. The standard InChI is InChI=1S/C11H12BrN3O/c1-7(13)11-14-10(15-16-11)6-8-3-2-4-9(12)5-8/h2-5,7H,6,13H2,1H3/t7-/m0/s1. The van der Waals surface area contributed by atoms with Gasteiger partial charge in [0, 0.05) is 10.9 Å². The zero-order chi connectivity index (χ0) is 11.5. The molecule has 84 valence electrons. The first kappa shape index (κ1) is 11.3. The van der Waals surface area contributed by atoms with Crippen LogP contribution >= 0.6 is 15.9 Å². The summed E-state index contributed by atoms with van der Waals surface area (Å²) in [5, 5.41) is 3.88. The molecule has 1 heterocycles. The van der Waals surface area contributed by atoms with E-state index in [1.54, 1.807) is 0 Å². The SMILES string of the molecule is C[C@H](N)c1nc(Cc2cccc(Br)c2)no1. The molecule has 2 rings (SSSR count). The van der Waals surface area contributed by atoms with Gasteiger partial charge in [-0.2, -0.15) is 4.98 Å². The van der Waals surface area contributed by atoms with Crippen LogP contribution in [0, 0.1) is 0 Å². The molecule has 0 radical (unpaired) electrons. The fourth-order valence-electron chi connectivity index (χ4n) is 1.35. The number of halogens is 1. The van der Waals surface area contributed by atoms with Crippen molar-refractivity contribution < 1.29 is 4.52 Å². The van der Waals surface area contributed by atoms with Gasteiger partial charge >= 0.3 is 0 Å². The Balaban J connectivity index is 2.14. The predicted octanol–water partition coefficient (Wildman–Crippen LogP) is 2.44. The molecule has 1 atom stereocenters. The van der Waals surface area contributed by atoms with Crippen LogP contribution in [0.3, 0.4) is 0 Å². The van der Waals surface area contributed by atoms with Crippen LogP contribution in [0.15, 0.2) is 33.3 Å². The summed E-state index contributed by atoms with van der Waals surface area (Å²) in [4.78, 5) is 4.22. The molecule has 2 aromatic rings. The Bertz CT molecular complexity index is 482. The zero-order valence-electron chi connectivity index (χ0n) is 8.85. The third kappa shape index (κ3) is 2.68. The summed E-state index contributed by atoms with van der Waals surface area (Å²) in [6, 6.07) is 7.79. The van der Waals surface area contributed by atoms with Crippen LogP contribution in [0.5, 0.6) is 0 Å². The molecule has 0 unspecified atom stereocenters. The molecule has 0 aliphatic heterocycles. The molecular formula is C11H12BrN3O. The van der Waals surface area contributed by atoms with Gasteiger partial charge in [0.05, 0.1) is 6.04 Å². The molecule has 5 heteroatoms. The highest BCUT2D eigenvalue weighted by Crippen LogP contribution is 2.15. The van der Waals surface area contributed by atoms with Crippen LogP contribution in [0.4, 0.5) is 0 Å². The van der Waals surface area contributed by atoms with Crippen molar-refractivity contribution >= 4 is 15.9 Å². The average molecular weight is 282 g/mol. The van der Waals surface area contributed by atoms with Gasteiger partial charge in [0.1, 0.15) is 0 Å². The number of hydrogen-bond donors (Lipinski definition) is 1. The number of aromatic nitrogens is 2. The first-order valence-electron chi connectivity index (χ1n) is 4.97. The highest BCUT2D eigenvalue weighted by atomic mass is 79.9. The lowest BCUT2D eigenvalue weighted by Crippen LogP contribution is -2.05. The van der Waals surface area contributed by atoms with Crippen LogP contribution in [0.1, 0.15) is 30.2 Å². The fourth-order valence-corrected chi connectivity index (χ4v) is 1.80. The van der Waals surface area contributed by atoms with E-state index in [2.05, 4.69) is 26.1 Å². The lowest BCUT2D eigenvalue weighted by Gasteiger charge is -1.97. The van der Waals surface area contributed by atoms with Gasteiger partial charge < -0.3 is 10.3 Å². The van der Waals surface area contributed by atoms with Crippen LogP contribution in [-0.2, 0) is 6.42 Å². The maximum Gasteiger partial charge on any atom is 0.243 e. The minimum Gasteiger partial charge on any atom is -0.338 e. The van der Waals surface area contributed by atoms with Gasteiger partial charge in [-0.25, -0.2) is 0 Å². The van der Waals surface area contributed by atoms with E-state index in [0.717, 1.165) is 10.0 Å². The molecule has 0 fully saturated rings. The van der Waals surface area contributed by atoms with E-state index in [0.29, 0.717) is 18.1 Å². The molecule has 0 saturated carbocycles. The molecular weight excluding hydrogens is 270 g/mol. The highest BCUT2D eigenvalue weighted by Gasteiger charge is 2.10. The van der Waals surface area contributed by atoms with Gasteiger partial charge in [-0.05, 0) is 24.6 Å². The first-order valence-corrected chi connectivity index (χ1v) is 5.77. The van der Waals surface area contributed by atoms with E-state index in [4.69, 9.17) is 10.3 Å². The van der Waals surface area contributed by atoms with Crippen molar-refractivity contribution in [3.8, 4) is 0 Å². The van der Waals surface area contributed by atoms with Crippen molar-refractivity contribution in [3.05, 3.63) is 46.0 Å². The van der Waals surface area contributed by atoms with Crippen LogP contribution < -0.4 is 5.73 Å². The predicted molar refractivity (Wildman–Crippen MR) is 63.8 cm³/mol. The summed E-state index contributed by atoms with van der Waals surface area (Å²) < 4.78 is 6.07. The molecule has 0 aliphatic carbocycles. The molecule has 0 bridgehead atoms. The molecule has 1 aromatic heterocycles. The van der Waals surface area contributed by atoms with E-state index in [1.807, 2.05) is 31.2 Å². The van der Waals surface area contributed by atoms with E-state index >= 15 is 0 Å². The normalized spacial score (nSPS) is 12.7. The minimum atomic E-state index is -0.219. The lowest BCUT2D eigenvalue weighted by atomic mass is 10.1. The second-order valence-corrected chi connectivity index (χ2v) is 4.56. The maximum atomic E-state index is 5.64. The lowest BCUT2D eigenvalue weighted by molar-refractivity contribution is 0.358. The Hall–Kier alpha value is -1.20. The van der Waals surface area contributed by atoms with E-state index in [-0.39, 0.29) is 6.04 Å². The van der Waals surface area contributed by atoms with Gasteiger partial charge in [0.2, 0.25) is 5.89 Å². The summed E-state index contributed by atoms with van der Waals surface area (Å²) in [6.45, 7) is 1.82. The third-order valence-corrected chi connectivity index (χ3v) is 2.62. The summed E-state index contributed by atoms with van der Waals surface area (Å²) in [5.41, 5.74) is 6.77. The van der Waals surface area contributed by atoms with Gasteiger partial charge in [0.25, 0.3) is 0 Å². The van der Waals surface area contributed by atoms with Gasteiger partial charge in [-0.3, -0.25) is 0 Å². The summed E-state index contributed by atoms with van der Waals surface area (Å²) in [5.74, 6) is 1.13. The fraction of sp³-hybridized carbons (Fsp3) is 0.273. The molecule has 0 saturated heterocycles. The number of nitrogens with zero attached hydrogens (tertiary/aromatic N) is 2. The molecule has 0 aliphatic rings. The number of hydrogen-bond acceptors (Lipinski definition) is 4. The summed E-state index contributed by atoms with van der Waals surface area (Å²) >= 11 is 3.42. The second-order valence-electron chi connectivity index (χ2n) is 3.64. The topological polar surface area (TPSA) is 64.9 Å². The van der Waals surface area contributed by atoms with Gasteiger partial charge in [0.15, 0.2) is 5.82 Å². The van der Waals surface area contributed by atoms with E-state index < -0.39 is 0 Å². The average Bonchev–Trinajstić information content (AvgIpc) is 2.66. The van der Waals surface area contributed by atoms with Gasteiger partial charge in [-0.1, -0.05) is 33.2 Å². The molecule has 2 N–H and O–H groups in total. The van der Waals surface area contributed by atoms with Crippen molar-refractivity contribution in [2.75, 3.05) is 0 Å². The Morgan fingerprint density at radius 1 is 1.50 bits per heavy atom. The maximum absolute atomic E-state index is 5.64. The summed E-state index contributed by atoms with van der Waals surface area (Å²) in [6.07, 6.45) is 0.648. The van der Waals surface area contributed by atoms with Crippen molar-refractivity contribution in [2.45, 2.75) is 19.4 Å². The highest BCUT2D eigenvalue weighted by molar-refractivity contribution is 9.10. The van der Waals surface area contributed by atoms with Crippen LogP contribution in [-0.4, -0.2) is 10.1 Å².